The fraction of sp³-hybridized carbons (Fsp3) is 0.500. The van der Waals surface area contributed by atoms with Crippen LogP contribution in [0.15, 0.2) is 47.6 Å². The number of carbonyl (C=O) groups excluding carboxylic acids is 1. The third-order valence-corrected chi connectivity index (χ3v) is 7.48. The molecule has 1 fully saturated rings. The lowest BCUT2D eigenvalue weighted by Crippen LogP contribution is -2.32. The number of nitrogens with one attached hydrogen (secondary N) is 3. The number of aliphatic hydroxyl groups excluding tert-OH is 1. The number of amides is 1. The first kappa shape index (κ1) is 32.8. The van der Waals surface area contributed by atoms with Crippen molar-refractivity contribution < 1.29 is 19.4 Å². The zero-order chi connectivity index (χ0) is 27.0. The van der Waals surface area contributed by atoms with Crippen molar-refractivity contribution in [1.82, 2.24) is 20.7 Å². The Morgan fingerprint density at radius 3 is 2.66 bits per heavy atom. The Balaban J connectivity index is 0.00000231. The molecule has 2 atom stereocenters. The van der Waals surface area contributed by atoms with E-state index in [0.29, 0.717) is 25.9 Å². The van der Waals surface area contributed by atoms with Gasteiger partial charge in [0, 0.05) is 44.0 Å². The number of aromatic nitrogens is 2. The highest BCUT2D eigenvalue weighted by molar-refractivity contribution is 6.07. The Kier molecular flexibility index (Phi) is 12.9. The van der Waals surface area contributed by atoms with Crippen molar-refractivity contribution in [2.24, 2.45) is 16.9 Å². The molecule has 1 saturated carbocycles. The molecular formula is C30H41Cl2N5O4. The second-order valence-corrected chi connectivity index (χ2v) is 10.7. The van der Waals surface area contributed by atoms with Gasteiger partial charge >= 0.3 is 0 Å². The minimum Gasteiger partial charge on any atom is -0.491 e. The van der Waals surface area contributed by atoms with Gasteiger partial charge in [0.2, 0.25) is 5.91 Å². The Bertz CT molecular complexity index is 1280. The lowest BCUT2D eigenvalue weighted by molar-refractivity contribution is -0.121. The van der Waals surface area contributed by atoms with Crippen LogP contribution < -0.4 is 15.5 Å². The molecule has 1 aliphatic carbocycles. The molecule has 0 spiro atoms. The number of hydrogen-bond donors (Lipinski definition) is 4. The van der Waals surface area contributed by atoms with Crippen LogP contribution in [0.2, 0.25) is 0 Å². The lowest BCUT2D eigenvalue weighted by Gasteiger charge is -2.24. The van der Waals surface area contributed by atoms with Gasteiger partial charge in [0.05, 0.1) is 23.4 Å². The van der Waals surface area contributed by atoms with E-state index in [4.69, 9.17) is 9.47 Å². The molecule has 9 nitrogen and oxygen atoms in total. The van der Waals surface area contributed by atoms with Crippen LogP contribution in [0.5, 0.6) is 5.75 Å². The highest BCUT2D eigenvalue weighted by Crippen LogP contribution is 2.26. The number of fused-ring (bicyclic) bond motifs is 1. The van der Waals surface area contributed by atoms with Crippen molar-refractivity contribution in [3.63, 3.8) is 0 Å². The van der Waals surface area contributed by atoms with Crippen LogP contribution in [0.25, 0.3) is 11.0 Å². The predicted octanol–water partition coefficient (Wildman–Crippen LogP) is 4.20. The molecule has 0 bridgehead atoms. The number of aromatic amines is 1. The van der Waals surface area contributed by atoms with E-state index >= 15 is 0 Å². The van der Waals surface area contributed by atoms with E-state index in [1.807, 2.05) is 37.3 Å². The van der Waals surface area contributed by atoms with Crippen LogP contribution in [-0.4, -0.2) is 65.7 Å². The third kappa shape index (κ3) is 9.41. The molecule has 5 rings (SSSR count). The molecule has 3 aromatic rings. The van der Waals surface area contributed by atoms with Gasteiger partial charge in [-0.2, -0.15) is 5.10 Å². The van der Waals surface area contributed by atoms with Crippen molar-refractivity contribution in [2.75, 3.05) is 32.9 Å². The van der Waals surface area contributed by atoms with E-state index in [0.717, 1.165) is 59.4 Å². The number of imidazole rings is 1. The minimum absolute atomic E-state index is 0. The first-order valence-electron chi connectivity index (χ1n) is 14.1. The summed E-state index contributed by atoms with van der Waals surface area (Å²) in [4.78, 5) is 19.6. The molecule has 11 heteroatoms. The number of aliphatic hydroxyl groups is 1. The van der Waals surface area contributed by atoms with Crippen LogP contribution in [0, 0.1) is 11.8 Å². The maximum Gasteiger partial charge on any atom is 0.240 e. The average molecular weight is 607 g/mol. The number of ether oxygens (including phenoxy) is 2. The van der Waals surface area contributed by atoms with Crippen LogP contribution in [0.3, 0.4) is 0 Å². The molecule has 2 aliphatic rings. The Morgan fingerprint density at radius 1 is 1.12 bits per heavy atom. The maximum absolute atomic E-state index is 11.5. The van der Waals surface area contributed by atoms with E-state index in [-0.39, 0.29) is 43.2 Å². The van der Waals surface area contributed by atoms with Crippen molar-refractivity contribution in [1.29, 1.82) is 0 Å². The van der Waals surface area contributed by atoms with Gasteiger partial charge in [-0.15, -0.1) is 24.8 Å². The molecule has 224 valence electrons. The standard InChI is InChI=1S/C30H39N5O4.2ClH/c1-20-15-29(37)34-35-30(20)23-7-10-26-27(16-23)33-28(32-26)11-13-31-17-24(36)19-39-25-8-5-21(6-9-25)12-14-38-18-22-3-2-4-22;;/h5-10,16,20,22,24,31,36H,2-4,11-15,17-19H2,1H3,(H,32,33)(H,34,37);2*1H. The summed E-state index contributed by atoms with van der Waals surface area (Å²) >= 11 is 0. The largest absolute Gasteiger partial charge is 0.491 e. The first-order valence-corrected chi connectivity index (χ1v) is 14.1. The zero-order valence-corrected chi connectivity index (χ0v) is 25.1. The van der Waals surface area contributed by atoms with Crippen molar-refractivity contribution >= 4 is 47.5 Å². The van der Waals surface area contributed by atoms with Gasteiger partial charge in [-0.1, -0.05) is 31.5 Å². The summed E-state index contributed by atoms with van der Waals surface area (Å²) in [5, 5.41) is 17.8. The molecule has 4 N–H and O–H groups in total. The number of benzene rings is 2. The number of H-pyrrole nitrogens is 1. The van der Waals surface area contributed by atoms with Crippen LogP contribution >= 0.6 is 24.8 Å². The molecular weight excluding hydrogens is 565 g/mol. The highest BCUT2D eigenvalue weighted by atomic mass is 35.5. The normalized spacial score (nSPS) is 17.6. The topological polar surface area (TPSA) is 121 Å². The van der Waals surface area contributed by atoms with Gasteiger partial charge < -0.3 is 24.9 Å². The Morgan fingerprint density at radius 2 is 1.93 bits per heavy atom. The van der Waals surface area contributed by atoms with Crippen molar-refractivity contribution in [3.8, 4) is 5.75 Å². The van der Waals surface area contributed by atoms with Crippen molar-refractivity contribution in [3.05, 3.63) is 59.4 Å². The van der Waals surface area contributed by atoms with E-state index in [9.17, 15) is 9.90 Å². The summed E-state index contributed by atoms with van der Waals surface area (Å²) < 4.78 is 11.5. The molecule has 2 heterocycles. The second kappa shape index (κ2) is 16.1. The lowest BCUT2D eigenvalue weighted by atomic mass is 9.86. The van der Waals surface area contributed by atoms with E-state index in [1.54, 1.807) is 0 Å². The van der Waals surface area contributed by atoms with Crippen molar-refractivity contribution in [2.45, 2.75) is 51.6 Å². The maximum atomic E-state index is 11.5. The molecule has 2 unspecified atom stereocenters. The smallest absolute Gasteiger partial charge is 0.240 e. The first-order chi connectivity index (χ1) is 19.0. The Hall–Kier alpha value is -2.69. The molecule has 2 aromatic carbocycles. The summed E-state index contributed by atoms with van der Waals surface area (Å²) in [7, 11) is 0. The number of carbonyl (C=O) groups is 1. The van der Waals surface area contributed by atoms with Crippen LogP contribution in [-0.2, 0) is 22.4 Å². The number of nitrogens with zero attached hydrogens (tertiary/aromatic N) is 2. The summed E-state index contributed by atoms with van der Waals surface area (Å²) in [6.07, 6.45) is 5.42. The monoisotopic (exact) mass is 605 g/mol. The fourth-order valence-electron chi connectivity index (χ4n) is 4.92. The number of rotatable bonds is 14. The SMILES string of the molecule is CC1CC(=O)NN=C1c1ccc2nc(CCNCC(O)COc3ccc(CCOCC4CCC4)cc3)[nH]c2c1.Cl.Cl. The van der Waals surface area contributed by atoms with Gasteiger partial charge in [-0.25, -0.2) is 10.4 Å². The molecule has 0 saturated heterocycles. The van der Waals surface area contributed by atoms with Gasteiger partial charge in [0.1, 0.15) is 24.3 Å². The van der Waals surface area contributed by atoms with Crippen LogP contribution in [0.4, 0.5) is 0 Å². The molecule has 1 aromatic heterocycles. The number of halogens is 2. The third-order valence-electron chi connectivity index (χ3n) is 7.48. The van der Waals surface area contributed by atoms with Crippen LogP contribution in [0.1, 0.15) is 49.6 Å². The molecule has 0 radical (unpaired) electrons. The van der Waals surface area contributed by atoms with E-state index < -0.39 is 6.10 Å². The number of hydrazone groups is 1. The van der Waals surface area contributed by atoms with Gasteiger partial charge in [0.15, 0.2) is 0 Å². The van der Waals surface area contributed by atoms with E-state index in [2.05, 4.69) is 37.9 Å². The van der Waals surface area contributed by atoms with Gasteiger partial charge in [-0.3, -0.25) is 4.79 Å². The highest BCUT2D eigenvalue weighted by Gasteiger charge is 2.22. The zero-order valence-electron chi connectivity index (χ0n) is 23.4. The summed E-state index contributed by atoms with van der Waals surface area (Å²) in [6, 6.07) is 14.0. The summed E-state index contributed by atoms with van der Waals surface area (Å²) in [6.45, 7) is 5.00. The Labute approximate surface area is 253 Å². The van der Waals surface area contributed by atoms with Gasteiger partial charge in [-0.05, 0) is 55.0 Å². The fourth-order valence-corrected chi connectivity index (χ4v) is 4.92. The minimum atomic E-state index is -0.610. The second-order valence-electron chi connectivity index (χ2n) is 10.7. The molecule has 1 amide bonds. The summed E-state index contributed by atoms with van der Waals surface area (Å²) in [5.74, 6) is 2.43. The number of hydrogen-bond acceptors (Lipinski definition) is 7. The predicted molar refractivity (Wildman–Crippen MR) is 165 cm³/mol. The quantitative estimate of drug-likeness (QED) is 0.204. The molecule has 1 aliphatic heterocycles. The van der Waals surface area contributed by atoms with E-state index in [1.165, 1.54) is 24.8 Å². The summed E-state index contributed by atoms with van der Waals surface area (Å²) in [5.41, 5.74) is 7.49. The molecule has 41 heavy (non-hydrogen) atoms. The van der Waals surface area contributed by atoms with Gasteiger partial charge in [0.25, 0.3) is 0 Å². The average Bonchev–Trinajstić information content (AvgIpc) is 3.31.